The fraction of sp³-hybridized carbons (Fsp3) is 0.375. The molecule has 0 saturated carbocycles. The third-order valence-electron chi connectivity index (χ3n) is 2.85. The van der Waals surface area contributed by atoms with Gasteiger partial charge in [-0.25, -0.2) is 9.59 Å². The average Bonchev–Trinajstić information content (AvgIpc) is 2.36. The van der Waals surface area contributed by atoms with Crippen LogP contribution < -0.4 is 0 Å². The SMILES string of the molecule is CC(C)(C)C(Cc1ccccc1)OC(=O)C=CC(=O)O. The van der Waals surface area contributed by atoms with E-state index in [1.54, 1.807) is 0 Å². The summed E-state index contributed by atoms with van der Waals surface area (Å²) in [4.78, 5) is 22.0. The van der Waals surface area contributed by atoms with Crippen molar-refractivity contribution in [3.63, 3.8) is 0 Å². The molecule has 0 fully saturated rings. The normalized spacial score (nSPS) is 13.2. The molecule has 0 aromatic heterocycles. The van der Waals surface area contributed by atoms with Crippen molar-refractivity contribution in [2.24, 2.45) is 5.41 Å². The Labute approximate surface area is 119 Å². The summed E-state index contributed by atoms with van der Waals surface area (Å²) in [5.41, 5.74) is 0.838. The average molecular weight is 276 g/mol. The minimum absolute atomic E-state index is 0.234. The number of ether oxygens (including phenoxy) is 1. The standard InChI is InChI=1S/C16H20O4/c1-16(2,3)13(11-12-7-5-4-6-8-12)20-15(19)10-9-14(17)18/h4-10,13H,11H2,1-3H3,(H,17,18). The van der Waals surface area contributed by atoms with E-state index in [2.05, 4.69) is 0 Å². The Morgan fingerprint density at radius 1 is 1.20 bits per heavy atom. The molecule has 1 unspecified atom stereocenters. The van der Waals surface area contributed by atoms with Gasteiger partial charge in [-0.05, 0) is 11.0 Å². The lowest BCUT2D eigenvalue weighted by molar-refractivity contribution is -0.148. The maximum absolute atomic E-state index is 11.6. The first-order valence-corrected chi connectivity index (χ1v) is 6.44. The molecule has 0 radical (unpaired) electrons. The summed E-state index contributed by atoms with van der Waals surface area (Å²) >= 11 is 0. The van der Waals surface area contributed by atoms with Crippen LogP contribution in [0.2, 0.25) is 0 Å². The molecule has 1 atom stereocenters. The summed E-state index contributed by atoms with van der Waals surface area (Å²) < 4.78 is 5.38. The second kappa shape index (κ2) is 6.89. The molecule has 4 nitrogen and oxygen atoms in total. The second-order valence-corrected chi connectivity index (χ2v) is 5.65. The van der Waals surface area contributed by atoms with Gasteiger partial charge in [0.25, 0.3) is 0 Å². The number of carboxylic acid groups (broad SMARTS) is 1. The van der Waals surface area contributed by atoms with Gasteiger partial charge in [-0.1, -0.05) is 51.1 Å². The first kappa shape index (κ1) is 16.0. The molecular weight excluding hydrogens is 256 g/mol. The number of benzene rings is 1. The van der Waals surface area contributed by atoms with E-state index in [4.69, 9.17) is 9.84 Å². The van der Waals surface area contributed by atoms with Crippen LogP contribution >= 0.6 is 0 Å². The largest absolute Gasteiger partial charge is 0.478 e. The Morgan fingerprint density at radius 2 is 1.80 bits per heavy atom. The monoisotopic (exact) mass is 276 g/mol. The minimum Gasteiger partial charge on any atom is -0.478 e. The van der Waals surface area contributed by atoms with Crippen LogP contribution in [0, 0.1) is 5.41 Å². The van der Waals surface area contributed by atoms with Gasteiger partial charge in [0, 0.05) is 18.6 Å². The molecule has 1 N–H and O–H groups in total. The molecule has 108 valence electrons. The lowest BCUT2D eigenvalue weighted by atomic mass is 9.85. The highest BCUT2D eigenvalue weighted by Crippen LogP contribution is 2.25. The van der Waals surface area contributed by atoms with Crippen molar-refractivity contribution in [3.8, 4) is 0 Å². The van der Waals surface area contributed by atoms with Crippen LogP contribution in [0.1, 0.15) is 26.3 Å². The topological polar surface area (TPSA) is 63.6 Å². The highest BCUT2D eigenvalue weighted by molar-refractivity contribution is 5.90. The number of carbonyl (C=O) groups excluding carboxylic acids is 1. The van der Waals surface area contributed by atoms with Crippen LogP contribution in [-0.2, 0) is 20.7 Å². The fourth-order valence-corrected chi connectivity index (χ4v) is 1.67. The molecule has 20 heavy (non-hydrogen) atoms. The van der Waals surface area contributed by atoms with Crippen LogP contribution in [0.4, 0.5) is 0 Å². The quantitative estimate of drug-likeness (QED) is 0.663. The molecule has 0 heterocycles. The molecule has 1 aromatic carbocycles. The first-order valence-electron chi connectivity index (χ1n) is 6.44. The van der Waals surface area contributed by atoms with Gasteiger partial charge in [0.1, 0.15) is 6.10 Å². The van der Waals surface area contributed by atoms with Gasteiger partial charge in [-0.3, -0.25) is 0 Å². The smallest absolute Gasteiger partial charge is 0.331 e. The molecule has 0 aliphatic heterocycles. The van der Waals surface area contributed by atoms with Gasteiger partial charge in [0.2, 0.25) is 0 Å². The molecule has 0 amide bonds. The van der Waals surface area contributed by atoms with Crippen molar-refractivity contribution in [2.75, 3.05) is 0 Å². The van der Waals surface area contributed by atoms with E-state index >= 15 is 0 Å². The van der Waals surface area contributed by atoms with Crippen LogP contribution in [-0.4, -0.2) is 23.1 Å². The highest BCUT2D eigenvalue weighted by Gasteiger charge is 2.28. The lowest BCUT2D eigenvalue weighted by Gasteiger charge is -2.30. The number of aliphatic carboxylic acids is 1. The Morgan fingerprint density at radius 3 is 2.30 bits per heavy atom. The van der Waals surface area contributed by atoms with E-state index in [0.29, 0.717) is 6.42 Å². The fourth-order valence-electron chi connectivity index (χ4n) is 1.67. The summed E-state index contributed by atoms with van der Waals surface area (Å²) in [6.07, 6.45) is 1.99. The van der Waals surface area contributed by atoms with Gasteiger partial charge in [-0.2, -0.15) is 0 Å². The second-order valence-electron chi connectivity index (χ2n) is 5.65. The van der Waals surface area contributed by atoms with Gasteiger partial charge in [-0.15, -0.1) is 0 Å². The molecule has 0 saturated heterocycles. The summed E-state index contributed by atoms with van der Waals surface area (Å²) in [6, 6.07) is 9.74. The zero-order chi connectivity index (χ0) is 15.2. The molecule has 0 bridgehead atoms. The highest BCUT2D eigenvalue weighted by atomic mass is 16.5. The summed E-state index contributed by atoms with van der Waals surface area (Å²) in [7, 11) is 0. The molecule has 0 aliphatic rings. The Balaban J connectivity index is 2.76. The third kappa shape index (κ3) is 5.69. The van der Waals surface area contributed by atoms with E-state index in [0.717, 1.165) is 17.7 Å². The number of carbonyl (C=O) groups is 2. The zero-order valence-corrected chi connectivity index (χ0v) is 12.0. The van der Waals surface area contributed by atoms with E-state index in [1.165, 1.54) is 0 Å². The molecule has 0 aliphatic carbocycles. The Hall–Kier alpha value is -2.10. The maximum atomic E-state index is 11.6. The van der Waals surface area contributed by atoms with Crippen LogP contribution in [0.15, 0.2) is 42.5 Å². The van der Waals surface area contributed by atoms with E-state index < -0.39 is 11.9 Å². The summed E-state index contributed by atoms with van der Waals surface area (Å²) in [5.74, 6) is -1.81. The van der Waals surface area contributed by atoms with Crippen molar-refractivity contribution in [1.29, 1.82) is 0 Å². The number of hydrogen-bond acceptors (Lipinski definition) is 3. The predicted octanol–water partition coefficient (Wildman–Crippen LogP) is 2.83. The molecule has 1 aromatic rings. The summed E-state index contributed by atoms with van der Waals surface area (Å²) in [6.45, 7) is 5.94. The first-order chi connectivity index (χ1) is 9.29. The van der Waals surface area contributed by atoms with Gasteiger partial charge < -0.3 is 9.84 Å². The predicted molar refractivity (Wildman–Crippen MR) is 76.3 cm³/mol. The van der Waals surface area contributed by atoms with Crippen molar-refractivity contribution in [1.82, 2.24) is 0 Å². The van der Waals surface area contributed by atoms with Gasteiger partial charge >= 0.3 is 11.9 Å². The number of carboxylic acids is 1. The molecule has 1 rings (SSSR count). The third-order valence-corrected chi connectivity index (χ3v) is 2.85. The van der Waals surface area contributed by atoms with Crippen LogP contribution in [0.3, 0.4) is 0 Å². The van der Waals surface area contributed by atoms with Crippen molar-refractivity contribution < 1.29 is 19.4 Å². The van der Waals surface area contributed by atoms with Crippen LogP contribution in [0.5, 0.6) is 0 Å². The van der Waals surface area contributed by atoms with Crippen LogP contribution in [0.25, 0.3) is 0 Å². The van der Waals surface area contributed by atoms with Crippen molar-refractivity contribution >= 4 is 11.9 Å². The lowest BCUT2D eigenvalue weighted by Crippen LogP contribution is -2.33. The molecular formula is C16H20O4. The zero-order valence-electron chi connectivity index (χ0n) is 12.0. The maximum Gasteiger partial charge on any atom is 0.331 e. The van der Waals surface area contributed by atoms with Crippen molar-refractivity contribution in [3.05, 3.63) is 48.0 Å². The Kier molecular flexibility index (Phi) is 5.50. The van der Waals surface area contributed by atoms with E-state index in [9.17, 15) is 9.59 Å². The number of esters is 1. The summed E-state index contributed by atoms with van der Waals surface area (Å²) in [5, 5.41) is 8.50. The van der Waals surface area contributed by atoms with E-state index in [-0.39, 0.29) is 11.5 Å². The van der Waals surface area contributed by atoms with E-state index in [1.807, 2.05) is 51.1 Å². The van der Waals surface area contributed by atoms with Crippen molar-refractivity contribution in [2.45, 2.75) is 33.3 Å². The molecule has 4 heteroatoms. The molecule has 0 spiro atoms. The van der Waals surface area contributed by atoms with Gasteiger partial charge in [0.15, 0.2) is 0 Å². The number of hydrogen-bond donors (Lipinski definition) is 1. The minimum atomic E-state index is -1.17. The number of rotatable bonds is 5. The Bertz CT molecular complexity index is 483. The van der Waals surface area contributed by atoms with Gasteiger partial charge in [0.05, 0.1) is 0 Å².